The van der Waals surface area contributed by atoms with E-state index in [1.807, 2.05) is 20.8 Å². The number of piperidine rings is 1. The molecule has 2 aromatic carbocycles. The summed E-state index contributed by atoms with van der Waals surface area (Å²) in [6.45, 7) is 7.59. The first-order valence-electron chi connectivity index (χ1n) is 11.8. The summed E-state index contributed by atoms with van der Waals surface area (Å²) in [5.41, 5.74) is 4.21. The largest absolute Gasteiger partial charge is 0.399 e. The Bertz CT molecular complexity index is 1040. The number of benzene rings is 2. The Labute approximate surface area is 208 Å². The van der Waals surface area contributed by atoms with Crippen LogP contribution >= 0.6 is 15.9 Å². The predicted octanol–water partition coefficient (Wildman–Crippen LogP) is 6.86. The van der Waals surface area contributed by atoms with Gasteiger partial charge in [0, 0.05) is 10.5 Å². The Morgan fingerprint density at radius 3 is 2.53 bits per heavy atom. The number of carbonyl (C=O) groups excluding carboxylic acids is 1. The van der Waals surface area contributed by atoms with Crippen LogP contribution in [0.1, 0.15) is 70.3 Å². The first kappa shape index (κ1) is 26.5. The summed E-state index contributed by atoms with van der Waals surface area (Å²) in [6.07, 6.45) is 1.66. The molecule has 184 valence electrons. The van der Waals surface area contributed by atoms with Gasteiger partial charge in [0.15, 0.2) is 0 Å². The minimum absolute atomic E-state index is 0.128. The number of hydrogen-bond acceptors (Lipinski definition) is 2. The molecule has 3 rings (SSSR count). The van der Waals surface area contributed by atoms with Crippen molar-refractivity contribution >= 4 is 27.9 Å². The van der Waals surface area contributed by atoms with Gasteiger partial charge in [0.25, 0.3) is 5.91 Å². The summed E-state index contributed by atoms with van der Waals surface area (Å²) >= 11 is 3.42. The first-order chi connectivity index (χ1) is 16.1. The van der Waals surface area contributed by atoms with Gasteiger partial charge < -0.3 is 10.6 Å². The monoisotopic (exact) mass is 536 g/mol. The summed E-state index contributed by atoms with van der Waals surface area (Å²) in [4.78, 5) is 12.6. The minimum Gasteiger partial charge on any atom is -0.349 e. The van der Waals surface area contributed by atoms with Crippen molar-refractivity contribution in [2.75, 3.05) is 13.1 Å². The summed E-state index contributed by atoms with van der Waals surface area (Å²) in [5, 5.41) is 6.30. The van der Waals surface area contributed by atoms with Crippen molar-refractivity contribution in [2.24, 2.45) is 0 Å². The van der Waals surface area contributed by atoms with Crippen molar-refractivity contribution in [1.82, 2.24) is 10.6 Å². The Morgan fingerprint density at radius 1 is 1.21 bits per heavy atom. The zero-order valence-corrected chi connectivity index (χ0v) is 21.4. The molecule has 0 spiro atoms. The van der Waals surface area contributed by atoms with Crippen molar-refractivity contribution in [2.45, 2.75) is 64.6 Å². The molecule has 1 saturated heterocycles. The second-order valence-electron chi connectivity index (χ2n) is 8.99. The number of aryl methyl sites for hydroxylation is 2. The van der Waals surface area contributed by atoms with Crippen LogP contribution in [0, 0.1) is 13.8 Å². The number of halogens is 4. The lowest BCUT2D eigenvalue weighted by molar-refractivity contribution is -0.139. The van der Waals surface area contributed by atoms with Gasteiger partial charge >= 0.3 is 6.18 Å². The summed E-state index contributed by atoms with van der Waals surface area (Å²) < 4.78 is 42.6. The zero-order chi connectivity index (χ0) is 24.9. The van der Waals surface area contributed by atoms with Crippen molar-refractivity contribution in [3.63, 3.8) is 0 Å². The molecule has 1 atom stereocenters. The number of alkyl halides is 3. The Kier molecular flexibility index (Phi) is 8.99. The molecule has 2 aromatic rings. The van der Waals surface area contributed by atoms with E-state index in [-0.39, 0.29) is 17.5 Å². The maximum atomic E-state index is 14.0. The Morgan fingerprint density at radius 2 is 1.91 bits per heavy atom. The van der Waals surface area contributed by atoms with Crippen molar-refractivity contribution in [1.29, 1.82) is 0 Å². The van der Waals surface area contributed by atoms with Gasteiger partial charge in [0.1, 0.15) is 0 Å². The minimum atomic E-state index is -4.41. The quantitative estimate of drug-likeness (QED) is 0.405. The molecule has 1 unspecified atom stereocenters. The molecule has 2 N–H and O–H groups in total. The van der Waals surface area contributed by atoms with Crippen LogP contribution in [-0.4, -0.2) is 31.2 Å². The highest BCUT2D eigenvalue weighted by molar-refractivity contribution is 9.10. The van der Waals surface area contributed by atoms with Crippen LogP contribution in [0.15, 0.2) is 40.9 Å². The molecule has 1 heterocycles. The highest BCUT2D eigenvalue weighted by Crippen LogP contribution is 2.38. The van der Waals surface area contributed by atoms with Crippen LogP contribution in [0.2, 0.25) is 0 Å². The molecule has 3 nitrogen and oxygen atoms in total. The summed E-state index contributed by atoms with van der Waals surface area (Å²) in [7, 11) is 0. The van der Waals surface area contributed by atoms with Gasteiger partial charge in [0.2, 0.25) is 0 Å². The van der Waals surface area contributed by atoms with Gasteiger partial charge in [-0.2, -0.15) is 13.2 Å². The van der Waals surface area contributed by atoms with E-state index in [1.165, 1.54) is 12.2 Å². The van der Waals surface area contributed by atoms with Gasteiger partial charge in [-0.1, -0.05) is 43.7 Å². The SMILES string of the molecule is CCCc1cc(C(/C=C/c2ccc(C(=O)NC3CCNCC3)c(Br)c2)C(F)(F)F)cc(C)c1C. The number of allylic oxidation sites excluding steroid dienone is 1. The van der Waals surface area contributed by atoms with Crippen molar-refractivity contribution in [3.8, 4) is 0 Å². The highest BCUT2D eigenvalue weighted by atomic mass is 79.9. The molecule has 1 fully saturated rings. The fourth-order valence-electron chi connectivity index (χ4n) is 4.34. The lowest BCUT2D eigenvalue weighted by atomic mass is 9.89. The average molecular weight is 537 g/mol. The molecule has 0 aromatic heterocycles. The van der Waals surface area contributed by atoms with Crippen LogP contribution in [0.5, 0.6) is 0 Å². The third-order valence-electron chi connectivity index (χ3n) is 6.42. The molecular formula is C27H32BrF3N2O. The number of nitrogens with one attached hydrogen (secondary N) is 2. The van der Waals surface area contributed by atoms with E-state index < -0.39 is 12.1 Å². The lowest BCUT2D eigenvalue weighted by Crippen LogP contribution is -2.42. The summed E-state index contributed by atoms with van der Waals surface area (Å²) in [5.74, 6) is -1.88. The molecule has 7 heteroatoms. The number of rotatable bonds is 7. The first-order valence-corrected chi connectivity index (χ1v) is 12.6. The molecule has 0 aliphatic carbocycles. The Hall–Kier alpha value is -2.12. The van der Waals surface area contributed by atoms with E-state index in [9.17, 15) is 18.0 Å². The average Bonchev–Trinajstić information content (AvgIpc) is 2.77. The summed E-state index contributed by atoms with van der Waals surface area (Å²) in [6, 6.07) is 8.47. The maximum absolute atomic E-state index is 14.0. The third kappa shape index (κ3) is 6.72. The molecular weight excluding hydrogens is 505 g/mol. The Balaban J connectivity index is 1.82. The van der Waals surface area contributed by atoms with Crippen LogP contribution in [0.4, 0.5) is 13.2 Å². The van der Waals surface area contributed by atoms with E-state index in [0.29, 0.717) is 15.6 Å². The fourth-order valence-corrected chi connectivity index (χ4v) is 4.91. The predicted molar refractivity (Wildman–Crippen MR) is 135 cm³/mol. The fraction of sp³-hybridized carbons (Fsp3) is 0.444. The smallest absolute Gasteiger partial charge is 0.349 e. The van der Waals surface area contributed by atoms with Gasteiger partial charge in [-0.25, -0.2) is 0 Å². The molecule has 1 aliphatic heterocycles. The number of carbonyl (C=O) groups is 1. The van der Waals surface area contributed by atoms with E-state index in [0.717, 1.165) is 55.5 Å². The van der Waals surface area contributed by atoms with Crippen LogP contribution in [-0.2, 0) is 6.42 Å². The van der Waals surface area contributed by atoms with E-state index in [2.05, 4.69) is 26.6 Å². The number of amides is 1. The van der Waals surface area contributed by atoms with Crippen molar-refractivity contribution in [3.05, 3.63) is 74.3 Å². The number of hydrogen-bond donors (Lipinski definition) is 2. The molecule has 0 bridgehead atoms. The molecule has 1 amide bonds. The maximum Gasteiger partial charge on any atom is 0.399 e. The lowest BCUT2D eigenvalue weighted by Gasteiger charge is -2.24. The van der Waals surface area contributed by atoms with Gasteiger partial charge in [-0.3, -0.25) is 4.79 Å². The van der Waals surface area contributed by atoms with E-state index >= 15 is 0 Å². The molecule has 34 heavy (non-hydrogen) atoms. The van der Waals surface area contributed by atoms with Gasteiger partial charge in [0.05, 0.1) is 11.5 Å². The van der Waals surface area contributed by atoms with Crippen molar-refractivity contribution < 1.29 is 18.0 Å². The van der Waals surface area contributed by atoms with Crippen LogP contribution < -0.4 is 10.6 Å². The van der Waals surface area contributed by atoms with Gasteiger partial charge in [-0.15, -0.1) is 0 Å². The molecule has 1 aliphatic rings. The standard InChI is InChI=1S/C27H32BrF3N2O/c1-4-5-20-16-21(14-17(2)18(20)3)24(27(29,30)31)9-7-19-6-8-23(25(28)15-19)26(34)33-22-10-12-32-13-11-22/h6-9,14-16,22,24,32H,4-5,10-13H2,1-3H3,(H,33,34)/b9-7+. The molecule has 0 saturated carbocycles. The second-order valence-corrected chi connectivity index (χ2v) is 9.84. The van der Waals surface area contributed by atoms with Crippen LogP contribution in [0.3, 0.4) is 0 Å². The van der Waals surface area contributed by atoms with Gasteiger partial charge in [-0.05, 0) is 102 Å². The highest BCUT2D eigenvalue weighted by Gasteiger charge is 2.39. The van der Waals surface area contributed by atoms with E-state index in [1.54, 1.807) is 30.3 Å². The third-order valence-corrected chi connectivity index (χ3v) is 7.08. The topological polar surface area (TPSA) is 41.1 Å². The second kappa shape index (κ2) is 11.5. The van der Waals surface area contributed by atoms with Crippen LogP contribution in [0.25, 0.3) is 6.08 Å². The zero-order valence-electron chi connectivity index (χ0n) is 19.9. The van der Waals surface area contributed by atoms with E-state index in [4.69, 9.17) is 0 Å². The normalized spacial score (nSPS) is 16.1. The molecule has 0 radical (unpaired) electrons.